The smallest absolute Gasteiger partial charge is 0.0471 e. The van der Waals surface area contributed by atoms with Crippen molar-refractivity contribution in [2.75, 3.05) is 24.0 Å². The summed E-state index contributed by atoms with van der Waals surface area (Å²) in [6.07, 6.45) is 4.30. The molecule has 0 N–H and O–H groups in total. The summed E-state index contributed by atoms with van der Waals surface area (Å²) in [6, 6.07) is 0. The van der Waals surface area contributed by atoms with E-state index >= 15 is 0 Å². The quantitative estimate of drug-likeness (QED) is 0.377. The molecule has 0 heterocycles. The van der Waals surface area contributed by atoms with Crippen molar-refractivity contribution in [2.24, 2.45) is 0 Å². The Hall–Kier alpha value is 1.40. The Kier molecular flexibility index (Phi) is 9.69. The summed E-state index contributed by atoms with van der Waals surface area (Å²) < 4.78 is 0.766. The maximum atomic E-state index is 2.26. The molecule has 0 unspecified atom stereocenters. The van der Waals surface area contributed by atoms with Crippen molar-refractivity contribution < 1.29 is 0 Å². The molecule has 0 saturated heterocycles. The molecular formula is C6H14S4. The minimum Gasteiger partial charge on any atom is -0.151 e. The van der Waals surface area contributed by atoms with Crippen LogP contribution in [0.5, 0.6) is 0 Å². The van der Waals surface area contributed by atoms with Gasteiger partial charge in [-0.05, 0) is 19.4 Å². The van der Waals surface area contributed by atoms with Gasteiger partial charge < -0.3 is 0 Å². The normalized spacial score (nSPS) is 13.5. The lowest BCUT2D eigenvalue weighted by Gasteiger charge is -2.05. The van der Waals surface area contributed by atoms with Crippen LogP contribution in [-0.4, -0.2) is 28.6 Å². The molecule has 4 heteroatoms. The fourth-order valence-corrected chi connectivity index (χ4v) is 3.50. The Morgan fingerprint density at radius 2 is 1.90 bits per heavy atom. The second-order valence-corrected chi connectivity index (χ2v) is 7.27. The molecule has 0 aromatic carbocycles. The van der Waals surface area contributed by atoms with Crippen molar-refractivity contribution in [3.8, 4) is 0 Å². The van der Waals surface area contributed by atoms with Crippen LogP contribution in [0.15, 0.2) is 0 Å². The van der Waals surface area contributed by atoms with Crippen LogP contribution >= 0.6 is 45.1 Å². The van der Waals surface area contributed by atoms with Crippen molar-refractivity contribution in [3.05, 3.63) is 0 Å². The third kappa shape index (κ3) is 7.51. The molecule has 0 nitrogen and oxygen atoms in total. The van der Waals surface area contributed by atoms with Crippen LogP contribution in [-0.2, 0) is 0 Å². The highest BCUT2D eigenvalue weighted by molar-refractivity contribution is 8.76. The zero-order valence-corrected chi connectivity index (χ0v) is 9.89. The third-order valence-electron chi connectivity index (χ3n) is 0.969. The van der Waals surface area contributed by atoms with Crippen LogP contribution in [0.3, 0.4) is 0 Å². The van der Waals surface area contributed by atoms with Gasteiger partial charge in [-0.2, -0.15) is 11.8 Å². The van der Waals surface area contributed by atoms with E-state index in [2.05, 4.69) is 19.4 Å². The molecule has 1 atom stereocenters. The largest absolute Gasteiger partial charge is 0.151 e. The van der Waals surface area contributed by atoms with E-state index in [1.54, 1.807) is 0 Å². The summed E-state index contributed by atoms with van der Waals surface area (Å²) in [7, 11) is 3.80. The summed E-state index contributed by atoms with van der Waals surface area (Å²) >= 11 is 3.97. The number of hydrogen-bond acceptors (Lipinski definition) is 4. The van der Waals surface area contributed by atoms with E-state index < -0.39 is 0 Å². The molecule has 0 fully saturated rings. The van der Waals surface area contributed by atoms with Gasteiger partial charge in [0, 0.05) is 16.1 Å². The molecule has 0 aromatic heterocycles. The summed E-state index contributed by atoms with van der Waals surface area (Å²) in [5.74, 6) is 2.56. The van der Waals surface area contributed by atoms with Crippen molar-refractivity contribution in [2.45, 2.75) is 11.5 Å². The average Bonchev–Trinajstić information content (AvgIpc) is 1.98. The van der Waals surface area contributed by atoms with E-state index in [1.165, 1.54) is 11.5 Å². The van der Waals surface area contributed by atoms with Gasteiger partial charge in [0.25, 0.3) is 0 Å². The number of thioether (sulfide) groups is 2. The Balaban J connectivity index is 2.89. The molecule has 0 aliphatic rings. The number of hydrogen-bond donors (Lipinski definition) is 0. The van der Waals surface area contributed by atoms with Crippen LogP contribution in [0.25, 0.3) is 0 Å². The first-order chi connectivity index (χ1) is 4.81. The first kappa shape index (κ1) is 11.4. The molecule has 10 heavy (non-hydrogen) atoms. The van der Waals surface area contributed by atoms with E-state index in [4.69, 9.17) is 0 Å². The second kappa shape index (κ2) is 8.50. The molecule has 0 aromatic rings. The lowest BCUT2D eigenvalue weighted by molar-refractivity contribution is 1.40. The van der Waals surface area contributed by atoms with E-state index in [0.29, 0.717) is 0 Å². The Labute approximate surface area is 80.5 Å². The van der Waals surface area contributed by atoms with E-state index in [9.17, 15) is 0 Å². The Morgan fingerprint density at radius 3 is 2.40 bits per heavy atom. The van der Waals surface area contributed by atoms with Crippen molar-refractivity contribution in [3.63, 3.8) is 0 Å². The average molecular weight is 214 g/mol. The van der Waals surface area contributed by atoms with Gasteiger partial charge in [0.1, 0.15) is 0 Å². The standard InChI is InChI=1S/C6H14S4/c1-6(7-2)9-4-5-10-8-3/h6H,4-5H2,1-3H3/t6-/m1/s1. The first-order valence-corrected chi connectivity index (χ1v) is 8.17. The summed E-state index contributed by atoms with van der Waals surface area (Å²) in [4.78, 5) is 0. The van der Waals surface area contributed by atoms with Crippen molar-refractivity contribution in [1.82, 2.24) is 0 Å². The predicted molar refractivity (Wildman–Crippen MR) is 61.4 cm³/mol. The molecule has 0 rings (SSSR count). The van der Waals surface area contributed by atoms with Crippen LogP contribution < -0.4 is 0 Å². The maximum Gasteiger partial charge on any atom is 0.0471 e. The van der Waals surface area contributed by atoms with Crippen LogP contribution in [0.1, 0.15) is 6.92 Å². The predicted octanol–water partition coefficient (Wildman–Crippen LogP) is 3.44. The highest BCUT2D eigenvalue weighted by atomic mass is 33.1. The molecule has 0 saturated carbocycles. The van der Waals surface area contributed by atoms with E-state index in [1.807, 2.05) is 45.1 Å². The van der Waals surface area contributed by atoms with E-state index in [0.717, 1.165) is 4.58 Å². The van der Waals surface area contributed by atoms with Gasteiger partial charge in [-0.1, -0.05) is 21.6 Å². The monoisotopic (exact) mass is 214 g/mol. The first-order valence-electron chi connectivity index (χ1n) is 3.11. The fourth-order valence-electron chi connectivity index (χ4n) is 0.399. The second-order valence-electron chi connectivity index (χ2n) is 1.66. The van der Waals surface area contributed by atoms with Crippen molar-refractivity contribution in [1.29, 1.82) is 0 Å². The molecule has 0 aliphatic carbocycles. The van der Waals surface area contributed by atoms with Gasteiger partial charge in [0.15, 0.2) is 0 Å². The molecule has 62 valence electrons. The molecule has 0 bridgehead atoms. The molecular weight excluding hydrogens is 200 g/mol. The molecule has 0 radical (unpaired) electrons. The SMILES string of the molecule is CSSCCS[C@H](C)SC. The molecule has 0 aliphatic heterocycles. The van der Waals surface area contributed by atoms with Gasteiger partial charge in [0.2, 0.25) is 0 Å². The summed E-state index contributed by atoms with van der Waals surface area (Å²) in [6.45, 7) is 2.26. The van der Waals surface area contributed by atoms with Gasteiger partial charge in [-0.15, -0.1) is 11.8 Å². The zero-order valence-electron chi connectivity index (χ0n) is 6.62. The van der Waals surface area contributed by atoms with Gasteiger partial charge in [-0.25, -0.2) is 0 Å². The van der Waals surface area contributed by atoms with Crippen LogP contribution in [0.4, 0.5) is 0 Å². The Morgan fingerprint density at radius 1 is 1.20 bits per heavy atom. The fraction of sp³-hybridized carbons (Fsp3) is 1.00. The van der Waals surface area contributed by atoms with Crippen LogP contribution in [0.2, 0.25) is 0 Å². The lowest BCUT2D eigenvalue weighted by atomic mass is 10.9. The number of rotatable bonds is 6. The minimum absolute atomic E-state index is 0.766. The third-order valence-corrected chi connectivity index (χ3v) is 5.60. The van der Waals surface area contributed by atoms with E-state index in [-0.39, 0.29) is 0 Å². The topological polar surface area (TPSA) is 0 Å². The van der Waals surface area contributed by atoms with Crippen molar-refractivity contribution >= 4 is 45.1 Å². The lowest BCUT2D eigenvalue weighted by Crippen LogP contribution is -1.91. The summed E-state index contributed by atoms with van der Waals surface area (Å²) in [5, 5.41) is 0. The minimum atomic E-state index is 0.766. The highest BCUT2D eigenvalue weighted by Crippen LogP contribution is 2.24. The highest BCUT2D eigenvalue weighted by Gasteiger charge is 1.97. The summed E-state index contributed by atoms with van der Waals surface area (Å²) in [5.41, 5.74) is 0. The van der Waals surface area contributed by atoms with Gasteiger partial charge >= 0.3 is 0 Å². The molecule has 0 spiro atoms. The molecule has 0 amide bonds. The zero-order chi connectivity index (χ0) is 7.82. The Bertz CT molecular complexity index is 66.8. The van der Waals surface area contributed by atoms with Gasteiger partial charge in [-0.3, -0.25) is 0 Å². The van der Waals surface area contributed by atoms with Crippen LogP contribution in [0, 0.1) is 0 Å². The maximum absolute atomic E-state index is 2.26. The van der Waals surface area contributed by atoms with Gasteiger partial charge in [0.05, 0.1) is 0 Å².